The first kappa shape index (κ1) is 28.5. The molecule has 14 nitrogen and oxygen atoms in total. The summed E-state index contributed by atoms with van der Waals surface area (Å²) in [5.74, 6) is 0.762. The van der Waals surface area contributed by atoms with Gasteiger partial charge >= 0.3 is 6.09 Å². The number of ether oxygens (including phenoxy) is 2. The monoisotopic (exact) mass is 560 g/mol. The van der Waals surface area contributed by atoms with E-state index in [1.807, 2.05) is 11.9 Å². The van der Waals surface area contributed by atoms with E-state index < -0.39 is 30.4 Å². The minimum atomic E-state index is -1.40. The number of likely N-dealkylation sites (tertiary alicyclic amines) is 2. The van der Waals surface area contributed by atoms with E-state index in [1.54, 1.807) is 6.92 Å². The predicted molar refractivity (Wildman–Crippen MR) is 144 cm³/mol. The molecular formula is C26H40N8O6. The zero-order valence-electron chi connectivity index (χ0n) is 23.1. The summed E-state index contributed by atoms with van der Waals surface area (Å²) in [6, 6.07) is 0. The van der Waals surface area contributed by atoms with Gasteiger partial charge < -0.3 is 40.5 Å². The number of nitrogen functional groups attached to an aromatic ring is 1. The lowest BCUT2D eigenvalue weighted by Crippen LogP contribution is -2.42. The summed E-state index contributed by atoms with van der Waals surface area (Å²) >= 11 is 0. The zero-order chi connectivity index (χ0) is 28.4. The van der Waals surface area contributed by atoms with Crippen LogP contribution in [-0.2, 0) is 20.7 Å². The lowest BCUT2D eigenvalue weighted by molar-refractivity contribution is -0.137. The zero-order valence-corrected chi connectivity index (χ0v) is 23.1. The number of hydrogen-bond acceptors (Lipinski definition) is 11. The molecule has 0 radical (unpaired) electrons. The second-order valence-electron chi connectivity index (χ2n) is 11.1. The van der Waals surface area contributed by atoms with Crippen LogP contribution in [0.4, 0.5) is 10.6 Å². The Hall–Kier alpha value is -3.07. The Morgan fingerprint density at radius 1 is 1.18 bits per heavy atom. The first-order valence-corrected chi connectivity index (χ1v) is 14.2. The number of carbonyl (C=O) groups excluding carboxylic acids is 2. The summed E-state index contributed by atoms with van der Waals surface area (Å²) in [6.07, 6.45) is 1.37. The summed E-state index contributed by atoms with van der Waals surface area (Å²) in [7, 11) is 2.04. The van der Waals surface area contributed by atoms with E-state index in [-0.39, 0.29) is 18.0 Å². The molecule has 2 unspecified atom stereocenters. The molecule has 3 aliphatic heterocycles. The second-order valence-corrected chi connectivity index (χ2v) is 11.1. The van der Waals surface area contributed by atoms with Crippen LogP contribution in [0, 0.1) is 5.92 Å². The molecule has 3 aliphatic rings. The molecule has 0 saturated carbocycles. The number of nitrogens with one attached hydrogen (secondary N) is 1. The molecule has 0 aliphatic carbocycles. The van der Waals surface area contributed by atoms with Gasteiger partial charge in [0.05, 0.1) is 6.33 Å². The molecule has 0 spiro atoms. The molecule has 0 aromatic carbocycles. The summed E-state index contributed by atoms with van der Waals surface area (Å²) in [5, 5.41) is 23.6. The highest BCUT2D eigenvalue weighted by Crippen LogP contribution is 2.32. The maximum atomic E-state index is 12.5. The number of imidazole rings is 1. The Bertz CT molecular complexity index is 1200. The van der Waals surface area contributed by atoms with Crippen LogP contribution < -0.4 is 11.1 Å². The van der Waals surface area contributed by atoms with Crippen LogP contribution in [0.25, 0.3) is 11.2 Å². The fraction of sp³-hybridized carbons (Fsp3) is 0.731. The summed E-state index contributed by atoms with van der Waals surface area (Å²) in [6.45, 7) is 5.29. The van der Waals surface area contributed by atoms with Gasteiger partial charge in [0, 0.05) is 39.1 Å². The molecule has 40 heavy (non-hydrogen) atoms. The van der Waals surface area contributed by atoms with Gasteiger partial charge in [-0.15, -0.1) is 0 Å². The smallest absolute Gasteiger partial charge is 0.410 e. The highest BCUT2D eigenvalue weighted by atomic mass is 16.6. The molecule has 5 rings (SSSR count). The number of aliphatic hydroxyl groups excluding tert-OH is 2. The number of aryl methyl sites for hydroxylation is 1. The summed E-state index contributed by atoms with van der Waals surface area (Å²) in [5.41, 5.74) is 6.91. The van der Waals surface area contributed by atoms with E-state index >= 15 is 0 Å². The number of aliphatic hydroxyl groups is 2. The van der Waals surface area contributed by atoms with Crippen LogP contribution in [0.2, 0.25) is 0 Å². The lowest BCUT2D eigenvalue weighted by atomic mass is 9.91. The Balaban J connectivity index is 1.15. The third-order valence-corrected chi connectivity index (χ3v) is 8.12. The second kappa shape index (κ2) is 12.2. The number of nitrogens with two attached hydrogens (primary N) is 1. The molecule has 5 heterocycles. The molecule has 5 N–H and O–H groups in total. The molecule has 220 valence electrons. The number of amides is 2. The molecule has 0 bridgehead atoms. The van der Waals surface area contributed by atoms with Gasteiger partial charge in [-0.2, -0.15) is 0 Å². The van der Waals surface area contributed by atoms with Crippen LogP contribution in [0.3, 0.4) is 0 Å². The number of anilines is 1. The van der Waals surface area contributed by atoms with Crippen LogP contribution in [0.1, 0.15) is 51.1 Å². The van der Waals surface area contributed by atoms with E-state index in [9.17, 15) is 19.8 Å². The standard InChI is InChI=1S/C26H40N8O6/c1-3-28-24(37)21-19(35)20(36)25(40-21)34-14-29-18-22(27)30-17(31-23(18)34)6-4-5-15-7-11-33(12-8-15)26(38)39-16-9-10-32(2)13-16/h14-16,19-21,25,35-36H,3-13H2,1-2H3,(H,28,37)(H2,27,30,31)/t16?,19-,20?,21+,25-/m1/s1. The first-order chi connectivity index (χ1) is 19.2. The summed E-state index contributed by atoms with van der Waals surface area (Å²) in [4.78, 5) is 42.1. The van der Waals surface area contributed by atoms with E-state index in [0.29, 0.717) is 49.0 Å². The Labute approximate surface area is 232 Å². The van der Waals surface area contributed by atoms with Gasteiger partial charge in [-0.3, -0.25) is 9.36 Å². The molecule has 2 amide bonds. The third kappa shape index (κ3) is 5.99. The van der Waals surface area contributed by atoms with Crippen molar-refractivity contribution in [2.24, 2.45) is 5.92 Å². The largest absolute Gasteiger partial charge is 0.445 e. The van der Waals surface area contributed by atoms with Gasteiger partial charge in [-0.25, -0.2) is 19.7 Å². The Morgan fingerprint density at radius 3 is 2.65 bits per heavy atom. The van der Waals surface area contributed by atoms with E-state index in [2.05, 4.69) is 25.2 Å². The molecule has 2 aromatic rings. The average molecular weight is 561 g/mol. The van der Waals surface area contributed by atoms with Crippen LogP contribution in [0.5, 0.6) is 0 Å². The lowest BCUT2D eigenvalue weighted by Gasteiger charge is -2.32. The average Bonchev–Trinajstić information content (AvgIpc) is 3.62. The van der Waals surface area contributed by atoms with Crippen molar-refractivity contribution in [3.8, 4) is 0 Å². The molecule has 5 atom stereocenters. The van der Waals surface area contributed by atoms with Crippen LogP contribution in [0.15, 0.2) is 6.33 Å². The number of rotatable bonds is 8. The molecule has 3 saturated heterocycles. The molecule has 14 heteroatoms. The van der Waals surface area contributed by atoms with E-state index in [4.69, 9.17) is 15.2 Å². The van der Waals surface area contributed by atoms with Crippen molar-refractivity contribution in [3.63, 3.8) is 0 Å². The van der Waals surface area contributed by atoms with Gasteiger partial charge in [0.25, 0.3) is 5.91 Å². The molecule has 2 aromatic heterocycles. The maximum Gasteiger partial charge on any atom is 0.410 e. The van der Waals surface area contributed by atoms with Gasteiger partial charge in [0.2, 0.25) is 0 Å². The van der Waals surface area contributed by atoms with Gasteiger partial charge in [-0.1, -0.05) is 0 Å². The highest BCUT2D eigenvalue weighted by molar-refractivity contribution is 5.83. The number of fused-ring (bicyclic) bond motifs is 1. The SMILES string of the molecule is CCNC(=O)[C@H]1O[C@@H](n2cnc3c(N)nc(CCCC4CCN(C(=O)OC5CCN(C)C5)CC4)nc32)C(O)[C@H]1O. The Morgan fingerprint density at radius 2 is 1.95 bits per heavy atom. The number of carbonyl (C=O) groups is 2. The fourth-order valence-corrected chi connectivity index (χ4v) is 5.83. The van der Waals surface area contributed by atoms with Crippen molar-refractivity contribution in [3.05, 3.63) is 12.2 Å². The van der Waals surface area contributed by atoms with Crippen LogP contribution >= 0.6 is 0 Å². The number of piperidine rings is 1. The van der Waals surface area contributed by atoms with E-state index in [0.717, 1.165) is 45.2 Å². The summed E-state index contributed by atoms with van der Waals surface area (Å²) < 4.78 is 12.9. The van der Waals surface area contributed by atoms with E-state index in [1.165, 1.54) is 10.9 Å². The van der Waals surface area contributed by atoms with Crippen molar-refractivity contribution >= 4 is 29.0 Å². The maximum absolute atomic E-state index is 12.5. The van der Waals surface area contributed by atoms with Crippen molar-refractivity contribution in [2.45, 2.75) is 76.1 Å². The topological polar surface area (TPSA) is 181 Å². The van der Waals surface area contributed by atoms with Gasteiger partial charge in [-0.05, 0) is 52.0 Å². The Kier molecular flexibility index (Phi) is 8.68. The number of likely N-dealkylation sites (N-methyl/N-ethyl adjacent to an activating group) is 2. The van der Waals surface area contributed by atoms with Crippen molar-refractivity contribution in [1.82, 2.24) is 34.6 Å². The minimum Gasteiger partial charge on any atom is -0.445 e. The van der Waals surface area contributed by atoms with Gasteiger partial charge in [0.15, 0.2) is 23.8 Å². The minimum absolute atomic E-state index is 0.00754. The fourth-order valence-electron chi connectivity index (χ4n) is 5.83. The molecule has 3 fully saturated rings. The predicted octanol–water partition coefficient (Wildman–Crippen LogP) is 0.0392. The number of aromatic nitrogens is 4. The quantitative estimate of drug-likeness (QED) is 0.342. The van der Waals surface area contributed by atoms with Crippen LogP contribution in [-0.4, -0.2) is 116 Å². The first-order valence-electron chi connectivity index (χ1n) is 14.2. The van der Waals surface area contributed by atoms with Crippen molar-refractivity contribution in [1.29, 1.82) is 0 Å². The molecular weight excluding hydrogens is 520 g/mol. The van der Waals surface area contributed by atoms with Gasteiger partial charge in [0.1, 0.15) is 29.7 Å². The highest BCUT2D eigenvalue weighted by Gasteiger charge is 2.47. The van der Waals surface area contributed by atoms with Crippen molar-refractivity contribution < 1.29 is 29.3 Å². The number of nitrogens with zero attached hydrogens (tertiary/aromatic N) is 6. The number of hydrogen-bond donors (Lipinski definition) is 4. The third-order valence-electron chi connectivity index (χ3n) is 8.12. The van der Waals surface area contributed by atoms with Crippen molar-refractivity contribution in [2.75, 3.05) is 45.5 Å². The normalized spacial score (nSPS) is 27.9.